The molecule has 4 nitrogen and oxygen atoms in total. The van der Waals surface area contributed by atoms with E-state index in [1.54, 1.807) is 17.0 Å². The van der Waals surface area contributed by atoms with E-state index in [0.717, 1.165) is 30.3 Å². The highest BCUT2D eigenvalue weighted by Gasteiger charge is 2.27. The number of benzene rings is 1. The summed E-state index contributed by atoms with van der Waals surface area (Å²) in [6.07, 6.45) is 2.67. The molecule has 2 rings (SSSR count). The molecule has 1 aromatic rings. The van der Waals surface area contributed by atoms with E-state index in [2.05, 4.69) is 15.9 Å². The molecule has 1 heterocycles. The smallest absolute Gasteiger partial charge is 0.410 e. The second kappa shape index (κ2) is 8.99. The Morgan fingerprint density at radius 3 is 2.88 bits per heavy atom. The predicted molar refractivity (Wildman–Crippen MR) is 98.9 cm³/mol. The molecule has 25 heavy (non-hydrogen) atoms. The zero-order chi connectivity index (χ0) is 18.4. The van der Waals surface area contributed by atoms with Crippen molar-refractivity contribution in [3.63, 3.8) is 0 Å². The normalized spacial score (nSPS) is 18.3. The maximum atomic E-state index is 13.7. The van der Waals surface area contributed by atoms with Crippen molar-refractivity contribution in [1.82, 2.24) is 4.90 Å². The molecule has 0 N–H and O–H groups in total. The van der Waals surface area contributed by atoms with Crippen molar-refractivity contribution in [2.45, 2.75) is 52.2 Å². The molecule has 0 radical (unpaired) electrons. The number of carbonyl (C=O) groups is 1. The summed E-state index contributed by atoms with van der Waals surface area (Å²) in [5, 5.41) is 0. The molecule has 1 aliphatic heterocycles. The lowest BCUT2D eigenvalue weighted by molar-refractivity contribution is 0.0135. The third-order valence-electron chi connectivity index (χ3n) is 4.11. The molecular formula is C19H27BrFNO3. The van der Waals surface area contributed by atoms with Crippen LogP contribution in [0.15, 0.2) is 22.7 Å². The summed E-state index contributed by atoms with van der Waals surface area (Å²) in [6.45, 7) is 7.88. The Balaban J connectivity index is 1.73. The molecule has 1 aromatic carbocycles. The summed E-state index contributed by atoms with van der Waals surface area (Å²) in [7, 11) is 0. The van der Waals surface area contributed by atoms with Gasteiger partial charge in [0.15, 0.2) is 0 Å². The highest BCUT2D eigenvalue weighted by atomic mass is 79.9. The van der Waals surface area contributed by atoms with Gasteiger partial charge in [0.2, 0.25) is 0 Å². The first-order valence-electron chi connectivity index (χ1n) is 8.74. The number of nitrogens with zero attached hydrogens (tertiary/aromatic N) is 1. The van der Waals surface area contributed by atoms with Crippen LogP contribution in [-0.2, 0) is 16.1 Å². The average molecular weight is 416 g/mol. The van der Waals surface area contributed by atoms with Crippen molar-refractivity contribution in [2.75, 3.05) is 19.7 Å². The Morgan fingerprint density at radius 2 is 2.16 bits per heavy atom. The van der Waals surface area contributed by atoms with Crippen LogP contribution in [0.4, 0.5) is 9.18 Å². The van der Waals surface area contributed by atoms with Crippen LogP contribution >= 0.6 is 15.9 Å². The number of hydrogen-bond acceptors (Lipinski definition) is 3. The van der Waals surface area contributed by atoms with Crippen molar-refractivity contribution in [2.24, 2.45) is 5.92 Å². The van der Waals surface area contributed by atoms with E-state index in [4.69, 9.17) is 9.47 Å². The summed E-state index contributed by atoms with van der Waals surface area (Å²) < 4.78 is 25.6. The van der Waals surface area contributed by atoms with Crippen LogP contribution in [0.25, 0.3) is 0 Å². The Labute approximate surface area is 157 Å². The van der Waals surface area contributed by atoms with Gasteiger partial charge in [-0.05, 0) is 64.2 Å². The van der Waals surface area contributed by atoms with Crippen LogP contribution < -0.4 is 0 Å². The molecule has 1 aliphatic rings. The molecule has 0 spiro atoms. The number of halogens is 2. The SMILES string of the molecule is CC(C)(C)OC(=O)N1CCCC(CCOCc2cc(Br)ccc2F)C1. The van der Waals surface area contributed by atoms with Gasteiger partial charge in [0.1, 0.15) is 11.4 Å². The predicted octanol–water partition coefficient (Wildman–Crippen LogP) is 5.14. The van der Waals surface area contributed by atoms with Gasteiger partial charge in [-0.3, -0.25) is 0 Å². The molecule has 140 valence electrons. The zero-order valence-electron chi connectivity index (χ0n) is 15.2. The molecular weight excluding hydrogens is 389 g/mol. The van der Waals surface area contributed by atoms with E-state index in [9.17, 15) is 9.18 Å². The van der Waals surface area contributed by atoms with Gasteiger partial charge in [-0.1, -0.05) is 15.9 Å². The number of piperidine rings is 1. The third-order valence-corrected chi connectivity index (χ3v) is 4.60. The lowest BCUT2D eigenvalue weighted by Crippen LogP contribution is -2.43. The largest absolute Gasteiger partial charge is 0.444 e. The van der Waals surface area contributed by atoms with Crippen LogP contribution in [0.1, 0.15) is 45.6 Å². The summed E-state index contributed by atoms with van der Waals surface area (Å²) in [6, 6.07) is 4.84. The van der Waals surface area contributed by atoms with Crippen molar-refractivity contribution >= 4 is 22.0 Å². The van der Waals surface area contributed by atoms with Gasteiger partial charge < -0.3 is 14.4 Å². The van der Waals surface area contributed by atoms with Crippen molar-refractivity contribution in [3.05, 3.63) is 34.1 Å². The second-order valence-corrected chi connectivity index (χ2v) is 8.43. The maximum Gasteiger partial charge on any atom is 0.410 e. The van der Waals surface area contributed by atoms with E-state index in [1.165, 1.54) is 6.07 Å². The lowest BCUT2D eigenvalue weighted by Gasteiger charge is -2.34. The van der Waals surface area contributed by atoms with E-state index in [0.29, 0.717) is 24.6 Å². The van der Waals surface area contributed by atoms with Crippen LogP contribution in [0.3, 0.4) is 0 Å². The summed E-state index contributed by atoms with van der Waals surface area (Å²) in [5.41, 5.74) is 0.0784. The molecule has 1 atom stereocenters. The van der Waals surface area contributed by atoms with E-state index in [1.807, 2.05) is 20.8 Å². The number of ether oxygens (including phenoxy) is 2. The van der Waals surface area contributed by atoms with Gasteiger partial charge >= 0.3 is 6.09 Å². The molecule has 1 fully saturated rings. The number of amides is 1. The average Bonchev–Trinajstić information content (AvgIpc) is 2.53. The summed E-state index contributed by atoms with van der Waals surface area (Å²) in [5.74, 6) is 0.144. The van der Waals surface area contributed by atoms with Crippen molar-refractivity contribution < 1.29 is 18.7 Å². The topological polar surface area (TPSA) is 38.8 Å². The first-order chi connectivity index (χ1) is 11.7. The minimum absolute atomic E-state index is 0.241. The first kappa shape index (κ1) is 20.2. The van der Waals surface area contributed by atoms with Crippen LogP contribution in [0.5, 0.6) is 0 Å². The van der Waals surface area contributed by atoms with Gasteiger partial charge in [-0.25, -0.2) is 9.18 Å². The summed E-state index contributed by atoms with van der Waals surface area (Å²) in [4.78, 5) is 14.0. The minimum atomic E-state index is -0.471. The standard InChI is InChI=1S/C19H27BrFNO3/c1-19(2,3)25-18(23)22-9-4-5-14(12-22)8-10-24-13-15-11-16(20)6-7-17(15)21/h6-7,11,14H,4-5,8-10,12-13H2,1-3H3. The monoisotopic (exact) mass is 415 g/mol. The van der Waals surface area contributed by atoms with E-state index < -0.39 is 5.60 Å². The van der Waals surface area contributed by atoms with Crippen molar-refractivity contribution in [3.8, 4) is 0 Å². The van der Waals surface area contributed by atoms with E-state index >= 15 is 0 Å². The molecule has 1 amide bonds. The molecule has 1 unspecified atom stereocenters. The number of carbonyl (C=O) groups excluding carboxylic acids is 1. The lowest BCUT2D eigenvalue weighted by atomic mass is 9.95. The zero-order valence-corrected chi connectivity index (χ0v) is 16.8. The molecule has 6 heteroatoms. The molecule has 0 bridgehead atoms. The molecule has 0 saturated carbocycles. The quantitative estimate of drug-likeness (QED) is 0.624. The van der Waals surface area contributed by atoms with Gasteiger partial charge in [-0.15, -0.1) is 0 Å². The van der Waals surface area contributed by atoms with Gasteiger partial charge in [0, 0.05) is 29.7 Å². The fraction of sp³-hybridized carbons (Fsp3) is 0.632. The Bertz CT molecular complexity index is 589. The molecule has 0 aromatic heterocycles. The maximum absolute atomic E-state index is 13.7. The number of rotatable bonds is 5. The highest BCUT2D eigenvalue weighted by molar-refractivity contribution is 9.10. The minimum Gasteiger partial charge on any atom is -0.444 e. The Morgan fingerprint density at radius 1 is 1.40 bits per heavy atom. The van der Waals surface area contributed by atoms with Gasteiger partial charge in [0.25, 0.3) is 0 Å². The highest BCUT2D eigenvalue weighted by Crippen LogP contribution is 2.22. The fourth-order valence-corrected chi connectivity index (χ4v) is 3.29. The van der Waals surface area contributed by atoms with Gasteiger partial charge in [0.05, 0.1) is 6.61 Å². The first-order valence-corrected chi connectivity index (χ1v) is 9.53. The van der Waals surface area contributed by atoms with Crippen LogP contribution in [0.2, 0.25) is 0 Å². The molecule has 1 saturated heterocycles. The number of likely N-dealkylation sites (tertiary alicyclic amines) is 1. The summed E-state index contributed by atoms with van der Waals surface area (Å²) >= 11 is 3.34. The Hall–Kier alpha value is -1.14. The van der Waals surface area contributed by atoms with Crippen LogP contribution in [0, 0.1) is 11.7 Å². The van der Waals surface area contributed by atoms with Crippen LogP contribution in [-0.4, -0.2) is 36.3 Å². The fourth-order valence-electron chi connectivity index (χ4n) is 2.88. The second-order valence-electron chi connectivity index (χ2n) is 7.51. The Kier molecular flexibility index (Phi) is 7.25. The molecule has 0 aliphatic carbocycles. The van der Waals surface area contributed by atoms with Gasteiger partial charge in [-0.2, -0.15) is 0 Å². The number of hydrogen-bond donors (Lipinski definition) is 0. The van der Waals surface area contributed by atoms with Crippen molar-refractivity contribution in [1.29, 1.82) is 0 Å². The third kappa shape index (κ3) is 6.94. The van der Waals surface area contributed by atoms with E-state index in [-0.39, 0.29) is 18.5 Å².